The Hall–Kier alpha value is -4.49. The lowest BCUT2D eigenvalue weighted by Crippen LogP contribution is -2.38. The van der Waals surface area contributed by atoms with Crippen molar-refractivity contribution in [3.05, 3.63) is 102 Å². The van der Waals surface area contributed by atoms with Crippen molar-refractivity contribution in [2.24, 2.45) is 0 Å². The fourth-order valence-corrected chi connectivity index (χ4v) is 6.12. The highest BCUT2D eigenvalue weighted by molar-refractivity contribution is 7.99. The number of hydrogen-bond acceptors (Lipinski definition) is 10. The van der Waals surface area contributed by atoms with Crippen LogP contribution in [-0.2, 0) is 9.47 Å². The second-order valence-corrected chi connectivity index (χ2v) is 12.0. The van der Waals surface area contributed by atoms with Gasteiger partial charge >= 0.3 is 0 Å². The number of benzene rings is 2. The second kappa shape index (κ2) is 15.2. The molecule has 0 saturated carbocycles. The van der Waals surface area contributed by atoms with Crippen molar-refractivity contribution in [2.75, 3.05) is 76.0 Å². The van der Waals surface area contributed by atoms with Gasteiger partial charge in [-0.2, -0.15) is 0 Å². The van der Waals surface area contributed by atoms with Gasteiger partial charge in [0.1, 0.15) is 29.5 Å². The fourth-order valence-electron chi connectivity index (χ4n) is 5.22. The Morgan fingerprint density at radius 3 is 2.48 bits per heavy atom. The van der Waals surface area contributed by atoms with Gasteiger partial charge in [0.15, 0.2) is 0 Å². The van der Waals surface area contributed by atoms with Crippen molar-refractivity contribution in [1.82, 2.24) is 14.5 Å². The Morgan fingerprint density at radius 2 is 1.65 bits per heavy atom. The summed E-state index contributed by atoms with van der Waals surface area (Å²) in [5.41, 5.74) is 2.04. The van der Waals surface area contributed by atoms with E-state index in [2.05, 4.69) is 20.1 Å². The first-order valence-electron chi connectivity index (χ1n) is 15.3. The molecule has 0 spiro atoms. The summed E-state index contributed by atoms with van der Waals surface area (Å²) >= 11 is 1.46. The Morgan fingerprint density at radius 1 is 0.891 bits per heavy atom. The van der Waals surface area contributed by atoms with E-state index in [9.17, 15) is 4.79 Å². The highest BCUT2D eigenvalue weighted by atomic mass is 32.2. The molecule has 238 valence electrons. The molecule has 0 unspecified atom stereocenters. The van der Waals surface area contributed by atoms with Crippen LogP contribution in [0.4, 0.5) is 11.5 Å². The number of carbonyl (C=O) groups excluding carboxylic acids is 1. The van der Waals surface area contributed by atoms with Crippen LogP contribution >= 0.6 is 11.8 Å². The molecule has 12 heteroatoms. The normalized spacial score (nSPS) is 15.3. The van der Waals surface area contributed by atoms with Crippen LogP contribution in [-0.4, -0.2) is 92.0 Å². The predicted molar refractivity (Wildman–Crippen MR) is 177 cm³/mol. The number of aromatic nitrogens is 2. The molecule has 1 amide bonds. The lowest BCUT2D eigenvalue weighted by Gasteiger charge is -2.28. The van der Waals surface area contributed by atoms with Crippen LogP contribution in [0.5, 0.6) is 5.75 Å². The van der Waals surface area contributed by atoms with Crippen molar-refractivity contribution < 1.29 is 19.0 Å². The van der Waals surface area contributed by atoms with Crippen molar-refractivity contribution in [3.8, 4) is 5.75 Å². The van der Waals surface area contributed by atoms with Gasteiger partial charge < -0.3 is 24.4 Å². The number of carbonyl (C=O) groups is 1. The first-order valence-corrected chi connectivity index (χ1v) is 16.1. The number of pyridine rings is 2. The lowest BCUT2D eigenvalue weighted by molar-refractivity contribution is 0.0322. The minimum Gasteiger partial charge on any atom is -0.492 e. The number of ether oxygens (including phenoxy) is 3. The number of anilines is 2. The van der Waals surface area contributed by atoms with Gasteiger partial charge in [0, 0.05) is 77.8 Å². The summed E-state index contributed by atoms with van der Waals surface area (Å²) in [7, 11) is 0. The molecule has 3 N–H and O–H groups in total. The Bertz CT molecular complexity index is 1730. The summed E-state index contributed by atoms with van der Waals surface area (Å²) in [6.45, 7) is 7.53. The zero-order valence-electron chi connectivity index (χ0n) is 25.5. The summed E-state index contributed by atoms with van der Waals surface area (Å²) in [5.74, 6) is 1.46. The van der Waals surface area contributed by atoms with Gasteiger partial charge in [0.25, 0.3) is 5.91 Å². The topological polar surface area (TPSA) is 129 Å². The summed E-state index contributed by atoms with van der Waals surface area (Å²) in [6, 6.07) is 22.0. The highest BCUT2D eigenvalue weighted by Gasteiger charge is 2.15. The molecule has 6 rings (SSSR count). The molecule has 46 heavy (non-hydrogen) atoms. The maximum absolute atomic E-state index is 13.2. The summed E-state index contributed by atoms with van der Waals surface area (Å²) < 4.78 is 18.4. The summed E-state index contributed by atoms with van der Waals surface area (Å²) in [4.78, 5) is 23.8. The molecule has 2 aliphatic rings. The third kappa shape index (κ3) is 8.20. The second-order valence-electron chi connectivity index (χ2n) is 10.9. The van der Waals surface area contributed by atoms with Gasteiger partial charge in [-0.25, -0.2) is 4.98 Å². The molecule has 0 atom stereocenters. The van der Waals surface area contributed by atoms with E-state index in [1.165, 1.54) is 11.8 Å². The van der Waals surface area contributed by atoms with Crippen LogP contribution < -0.4 is 20.4 Å². The van der Waals surface area contributed by atoms with Gasteiger partial charge in [0.2, 0.25) is 0 Å². The molecule has 2 aromatic carbocycles. The van der Waals surface area contributed by atoms with Crippen LogP contribution in [0.15, 0.2) is 95.0 Å². The summed E-state index contributed by atoms with van der Waals surface area (Å²) in [5, 5.41) is 20.4. The van der Waals surface area contributed by atoms with E-state index >= 15 is 0 Å². The molecule has 11 nitrogen and oxygen atoms in total. The largest absolute Gasteiger partial charge is 0.492 e. The zero-order chi connectivity index (χ0) is 31.7. The Kier molecular flexibility index (Phi) is 10.4. The molecule has 0 bridgehead atoms. The Labute approximate surface area is 272 Å². The number of rotatable bonds is 10. The van der Waals surface area contributed by atoms with E-state index < -0.39 is 0 Å². The number of amides is 1. The molecule has 4 heterocycles. The minimum atomic E-state index is -0.216. The SMILES string of the molecule is N=C(c1cccc(OCCN2CCOCC2)c1)n1cc(Sc2cccc(C(=O)Nc3ccnc(N4CCOCC4)c3)c2)ccc1=N. The number of hydrogen-bond donors (Lipinski definition) is 3. The lowest BCUT2D eigenvalue weighted by atomic mass is 10.2. The van der Waals surface area contributed by atoms with E-state index in [0.717, 1.165) is 61.5 Å². The average Bonchev–Trinajstić information content (AvgIpc) is 3.10. The third-order valence-corrected chi connectivity index (χ3v) is 8.69. The third-order valence-electron chi connectivity index (χ3n) is 7.72. The number of morpholine rings is 2. The van der Waals surface area contributed by atoms with Crippen LogP contribution in [0.3, 0.4) is 0 Å². The van der Waals surface area contributed by atoms with Gasteiger partial charge in [-0.1, -0.05) is 30.0 Å². The van der Waals surface area contributed by atoms with Crippen LogP contribution in [0, 0.1) is 10.8 Å². The maximum Gasteiger partial charge on any atom is 0.255 e. The van der Waals surface area contributed by atoms with E-state index in [0.29, 0.717) is 42.4 Å². The van der Waals surface area contributed by atoms with Gasteiger partial charge in [-0.3, -0.25) is 25.1 Å². The first kappa shape index (κ1) is 31.5. The van der Waals surface area contributed by atoms with Crippen molar-refractivity contribution in [2.45, 2.75) is 9.79 Å². The van der Waals surface area contributed by atoms with E-state index in [1.807, 2.05) is 54.6 Å². The molecule has 2 aromatic heterocycles. The molecule has 2 fully saturated rings. The van der Waals surface area contributed by atoms with Crippen molar-refractivity contribution in [1.29, 1.82) is 10.8 Å². The maximum atomic E-state index is 13.2. The number of nitrogens with zero attached hydrogens (tertiary/aromatic N) is 4. The molecule has 4 aromatic rings. The van der Waals surface area contributed by atoms with Crippen LogP contribution in [0.2, 0.25) is 0 Å². The van der Waals surface area contributed by atoms with Crippen molar-refractivity contribution in [3.63, 3.8) is 0 Å². The van der Waals surface area contributed by atoms with Gasteiger partial charge in [-0.15, -0.1) is 0 Å². The van der Waals surface area contributed by atoms with E-state index in [-0.39, 0.29) is 17.2 Å². The fraction of sp³-hybridized carbons (Fsp3) is 0.294. The minimum absolute atomic E-state index is 0.174. The van der Waals surface area contributed by atoms with Crippen molar-refractivity contribution >= 4 is 35.0 Å². The van der Waals surface area contributed by atoms with Crippen LogP contribution in [0.25, 0.3) is 0 Å². The van der Waals surface area contributed by atoms with Gasteiger partial charge in [0.05, 0.1) is 26.4 Å². The number of nitrogens with one attached hydrogen (secondary N) is 3. The molecular formula is C34H37N7O4S. The molecule has 0 aliphatic carbocycles. The van der Waals surface area contributed by atoms with Crippen LogP contribution in [0.1, 0.15) is 15.9 Å². The molecule has 2 saturated heterocycles. The van der Waals surface area contributed by atoms with E-state index in [1.54, 1.807) is 35.2 Å². The smallest absolute Gasteiger partial charge is 0.255 e. The molecule has 2 aliphatic heterocycles. The summed E-state index contributed by atoms with van der Waals surface area (Å²) in [6.07, 6.45) is 3.48. The quantitative estimate of drug-likeness (QED) is 0.174. The molecule has 0 radical (unpaired) electrons. The van der Waals surface area contributed by atoms with E-state index in [4.69, 9.17) is 25.0 Å². The monoisotopic (exact) mass is 639 g/mol. The van der Waals surface area contributed by atoms with Gasteiger partial charge in [-0.05, 0) is 48.5 Å². The average molecular weight is 640 g/mol. The predicted octanol–water partition coefficient (Wildman–Crippen LogP) is 4.19. The standard InChI is InChI=1S/C34H37N7O4S/c35-31-8-7-30(24-41(31)33(36)25-3-1-5-28(21-25)45-20-13-39-11-16-43-17-12-39)46-29-6-2-4-26(22-29)34(42)38-27-9-10-37-32(23-27)40-14-18-44-19-15-40/h1-10,21-24,35-36H,11-20H2,(H,37,38,42). The first-order chi connectivity index (χ1) is 22.5. The Balaban J connectivity index is 1.10. The zero-order valence-corrected chi connectivity index (χ0v) is 26.3. The molecular weight excluding hydrogens is 602 g/mol. The highest BCUT2D eigenvalue weighted by Crippen LogP contribution is 2.28.